The normalized spacial score (nSPS) is 13.8. The molecule has 0 radical (unpaired) electrons. The van der Waals surface area contributed by atoms with Crippen LogP contribution in [0.1, 0.15) is 45.6 Å². The number of hydrogen-bond donors (Lipinski definition) is 1. The van der Waals surface area contributed by atoms with Crippen LogP contribution in [0.4, 0.5) is 0 Å². The van der Waals surface area contributed by atoms with Crippen molar-refractivity contribution >= 4 is 11.3 Å². The summed E-state index contributed by atoms with van der Waals surface area (Å²) >= 11 is 1.77. The number of nitrogens with one attached hydrogen (secondary N) is 1. The molecule has 3 heteroatoms. The molecule has 104 valence electrons. The monoisotopic (exact) mass is 269 g/mol. The third-order valence-corrected chi connectivity index (χ3v) is 4.63. The minimum atomic E-state index is -0.0445. The first-order chi connectivity index (χ1) is 8.72. The van der Waals surface area contributed by atoms with Crippen LogP contribution in [0.3, 0.4) is 0 Å². The summed E-state index contributed by atoms with van der Waals surface area (Å²) in [6, 6.07) is 2.61. The molecule has 0 spiro atoms. The smallest absolute Gasteiger partial charge is 0.0828 e. The number of rotatable bonds is 9. The number of methoxy groups -OCH3 is 1. The lowest BCUT2D eigenvalue weighted by Gasteiger charge is -2.39. The van der Waals surface area contributed by atoms with Gasteiger partial charge in [-0.05, 0) is 54.6 Å². The van der Waals surface area contributed by atoms with Gasteiger partial charge in [-0.2, -0.15) is 11.3 Å². The molecular formula is C15H27NOS. The van der Waals surface area contributed by atoms with E-state index in [1.807, 2.05) is 7.11 Å². The average Bonchev–Trinajstić information content (AvgIpc) is 2.91. The van der Waals surface area contributed by atoms with Crippen LogP contribution in [0, 0.1) is 0 Å². The quantitative estimate of drug-likeness (QED) is 0.735. The first kappa shape index (κ1) is 15.7. The van der Waals surface area contributed by atoms with Crippen LogP contribution < -0.4 is 5.32 Å². The molecule has 1 aromatic rings. The summed E-state index contributed by atoms with van der Waals surface area (Å²) in [5.74, 6) is 0. The van der Waals surface area contributed by atoms with Crippen molar-refractivity contribution in [2.75, 3.05) is 13.7 Å². The van der Waals surface area contributed by atoms with E-state index in [-0.39, 0.29) is 5.60 Å². The fourth-order valence-corrected chi connectivity index (χ4v) is 3.26. The molecule has 0 saturated carbocycles. The first-order valence-electron chi connectivity index (χ1n) is 7.02. The Hall–Kier alpha value is -0.380. The lowest BCUT2D eigenvalue weighted by Crippen LogP contribution is -2.52. The summed E-state index contributed by atoms with van der Waals surface area (Å²) in [4.78, 5) is 0. The van der Waals surface area contributed by atoms with Crippen LogP contribution in [-0.2, 0) is 11.2 Å². The van der Waals surface area contributed by atoms with Gasteiger partial charge < -0.3 is 10.1 Å². The van der Waals surface area contributed by atoms with Gasteiger partial charge in [0.1, 0.15) is 0 Å². The molecule has 0 aliphatic rings. The second-order valence-corrected chi connectivity index (χ2v) is 5.60. The Morgan fingerprint density at radius 2 is 2.06 bits per heavy atom. The van der Waals surface area contributed by atoms with Crippen LogP contribution in [0.2, 0.25) is 0 Å². The Bertz CT molecular complexity index is 298. The van der Waals surface area contributed by atoms with Crippen LogP contribution in [0.15, 0.2) is 16.8 Å². The first-order valence-corrected chi connectivity index (χ1v) is 7.96. The maximum Gasteiger partial charge on any atom is 0.0828 e. The second-order valence-electron chi connectivity index (χ2n) is 4.82. The van der Waals surface area contributed by atoms with E-state index >= 15 is 0 Å². The molecule has 2 nitrogen and oxygen atoms in total. The van der Waals surface area contributed by atoms with Gasteiger partial charge in [-0.1, -0.05) is 20.8 Å². The zero-order valence-electron chi connectivity index (χ0n) is 12.2. The molecule has 1 aromatic heterocycles. The third-order valence-electron chi connectivity index (χ3n) is 3.90. The molecule has 0 amide bonds. The van der Waals surface area contributed by atoms with E-state index < -0.39 is 0 Å². The third kappa shape index (κ3) is 3.81. The number of hydrogen-bond acceptors (Lipinski definition) is 3. The van der Waals surface area contributed by atoms with E-state index in [2.05, 4.69) is 42.9 Å². The van der Waals surface area contributed by atoms with Crippen molar-refractivity contribution in [2.45, 2.75) is 58.1 Å². The van der Waals surface area contributed by atoms with Crippen molar-refractivity contribution in [1.29, 1.82) is 0 Å². The Kier molecular flexibility index (Phi) is 6.90. The van der Waals surface area contributed by atoms with Crippen molar-refractivity contribution in [3.8, 4) is 0 Å². The van der Waals surface area contributed by atoms with Crippen molar-refractivity contribution < 1.29 is 4.74 Å². The van der Waals surface area contributed by atoms with Gasteiger partial charge >= 0.3 is 0 Å². The van der Waals surface area contributed by atoms with Crippen LogP contribution in [0.25, 0.3) is 0 Å². The highest BCUT2D eigenvalue weighted by molar-refractivity contribution is 7.07. The Balaban J connectivity index is 2.81. The fourth-order valence-electron chi connectivity index (χ4n) is 2.58. The van der Waals surface area contributed by atoms with Gasteiger partial charge in [0.2, 0.25) is 0 Å². The zero-order valence-corrected chi connectivity index (χ0v) is 13.0. The Morgan fingerprint density at radius 3 is 2.50 bits per heavy atom. The van der Waals surface area contributed by atoms with E-state index in [1.165, 1.54) is 5.56 Å². The highest BCUT2D eigenvalue weighted by Gasteiger charge is 2.35. The molecule has 0 fully saturated rings. The minimum absolute atomic E-state index is 0.0445. The van der Waals surface area contributed by atoms with Crippen molar-refractivity contribution in [1.82, 2.24) is 5.32 Å². The lowest BCUT2D eigenvalue weighted by molar-refractivity contribution is -0.0471. The summed E-state index contributed by atoms with van der Waals surface area (Å²) in [6.45, 7) is 7.71. The van der Waals surface area contributed by atoms with Crippen LogP contribution in [-0.4, -0.2) is 25.3 Å². The van der Waals surface area contributed by atoms with Gasteiger partial charge in [0.15, 0.2) is 0 Å². The van der Waals surface area contributed by atoms with Crippen molar-refractivity contribution in [2.24, 2.45) is 0 Å². The van der Waals surface area contributed by atoms with Crippen LogP contribution in [0.5, 0.6) is 0 Å². The summed E-state index contributed by atoms with van der Waals surface area (Å²) in [5.41, 5.74) is 1.37. The predicted octanol–water partition coefficient (Wildman–Crippen LogP) is 3.86. The highest BCUT2D eigenvalue weighted by atomic mass is 32.1. The maximum atomic E-state index is 5.89. The number of ether oxygens (including phenoxy) is 1. The van der Waals surface area contributed by atoms with Gasteiger partial charge in [0.25, 0.3) is 0 Å². The van der Waals surface area contributed by atoms with E-state index in [4.69, 9.17) is 4.74 Å². The Morgan fingerprint density at radius 1 is 1.33 bits per heavy atom. The van der Waals surface area contributed by atoms with Gasteiger partial charge in [-0.25, -0.2) is 0 Å². The molecular weight excluding hydrogens is 242 g/mol. The molecule has 1 heterocycles. The summed E-state index contributed by atoms with van der Waals surface area (Å²) in [5, 5.41) is 8.07. The lowest BCUT2D eigenvalue weighted by atomic mass is 9.84. The predicted molar refractivity (Wildman–Crippen MR) is 80.4 cm³/mol. The molecule has 0 aromatic carbocycles. The zero-order chi connectivity index (χ0) is 13.4. The Labute approximate surface area is 116 Å². The molecule has 0 saturated heterocycles. The molecule has 1 unspecified atom stereocenters. The summed E-state index contributed by atoms with van der Waals surface area (Å²) < 4.78 is 5.89. The highest BCUT2D eigenvalue weighted by Crippen LogP contribution is 2.27. The second kappa shape index (κ2) is 7.93. The molecule has 1 atom stereocenters. The molecule has 1 rings (SSSR count). The average molecular weight is 269 g/mol. The minimum Gasteiger partial charge on any atom is -0.377 e. The van der Waals surface area contributed by atoms with Gasteiger partial charge in [-0.15, -0.1) is 0 Å². The van der Waals surface area contributed by atoms with Gasteiger partial charge in [0.05, 0.1) is 5.60 Å². The topological polar surface area (TPSA) is 21.3 Å². The SMILES string of the molecule is CCCNC(Cc1ccsc1)C(CC)(CC)OC. The summed E-state index contributed by atoms with van der Waals surface area (Å²) in [6.07, 6.45) is 4.31. The maximum absolute atomic E-state index is 5.89. The van der Waals surface area contributed by atoms with Crippen LogP contribution >= 0.6 is 11.3 Å². The van der Waals surface area contributed by atoms with E-state index in [9.17, 15) is 0 Å². The molecule has 0 aliphatic heterocycles. The molecule has 0 aliphatic carbocycles. The molecule has 1 N–H and O–H groups in total. The van der Waals surface area contributed by atoms with E-state index in [0.29, 0.717) is 6.04 Å². The van der Waals surface area contributed by atoms with Gasteiger partial charge in [-0.3, -0.25) is 0 Å². The van der Waals surface area contributed by atoms with E-state index in [1.54, 1.807) is 11.3 Å². The van der Waals surface area contributed by atoms with Gasteiger partial charge in [0, 0.05) is 13.2 Å². The summed E-state index contributed by atoms with van der Waals surface area (Å²) in [7, 11) is 1.85. The largest absolute Gasteiger partial charge is 0.377 e. The van der Waals surface area contributed by atoms with E-state index in [0.717, 1.165) is 32.2 Å². The van der Waals surface area contributed by atoms with Crippen molar-refractivity contribution in [3.05, 3.63) is 22.4 Å². The van der Waals surface area contributed by atoms with Crippen molar-refractivity contribution in [3.63, 3.8) is 0 Å². The molecule has 18 heavy (non-hydrogen) atoms. The number of thiophene rings is 1. The standard InChI is InChI=1S/C15H27NOS/c1-5-9-16-14(11-13-8-10-18-12-13)15(6-2,7-3)17-4/h8,10,12,14,16H,5-7,9,11H2,1-4H3. The molecule has 0 bridgehead atoms. The fraction of sp³-hybridized carbons (Fsp3) is 0.733.